The van der Waals surface area contributed by atoms with Gasteiger partial charge in [-0.1, -0.05) is 0 Å². The largest absolute Gasteiger partial charge is 0.370 e. The second kappa shape index (κ2) is 5.68. The molecule has 0 radical (unpaired) electrons. The predicted octanol–water partition coefficient (Wildman–Crippen LogP) is 3.35. The Hall–Kier alpha value is -2.96. The molecule has 0 aliphatic rings. The lowest BCUT2D eigenvalue weighted by Gasteiger charge is -2.08. The molecule has 0 amide bonds. The van der Waals surface area contributed by atoms with Crippen LogP contribution in [0.2, 0.25) is 0 Å². The first kappa shape index (κ1) is 15.0. The highest BCUT2D eigenvalue weighted by Crippen LogP contribution is 2.30. The van der Waals surface area contributed by atoms with Gasteiger partial charge in [-0.15, -0.1) is 0 Å². The van der Waals surface area contributed by atoms with Crippen LogP contribution in [0, 0.1) is 24.0 Å². The number of fused-ring (bicyclic) bond motifs is 1. The standard InChI is InChI=1S/C16H17N5O2/c1-4-17-16-15(12-5-7-13(8-6-12)21(22)23)19-14-9-10(2)18-11(3)20(14)16/h5-9,17H,4H2,1-3H3. The SMILES string of the molecule is CCNc1c(-c2ccc([N+](=O)[O-])cc2)nc2cc(C)nc(C)n12. The Morgan fingerprint density at radius 1 is 1.22 bits per heavy atom. The molecule has 0 saturated heterocycles. The molecule has 1 N–H and O–H groups in total. The number of hydrogen-bond donors (Lipinski definition) is 1. The van der Waals surface area contributed by atoms with Gasteiger partial charge in [0.15, 0.2) is 0 Å². The molecule has 1 aromatic carbocycles. The number of nitro benzene ring substituents is 1. The maximum atomic E-state index is 10.8. The average molecular weight is 311 g/mol. The first-order valence-electron chi connectivity index (χ1n) is 7.36. The Morgan fingerprint density at radius 3 is 2.52 bits per heavy atom. The van der Waals surface area contributed by atoms with Crippen molar-refractivity contribution in [1.29, 1.82) is 0 Å². The van der Waals surface area contributed by atoms with Gasteiger partial charge in [0.2, 0.25) is 0 Å². The van der Waals surface area contributed by atoms with Gasteiger partial charge in [0.1, 0.15) is 23.0 Å². The average Bonchev–Trinajstić information content (AvgIpc) is 2.86. The van der Waals surface area contributed by atoms with Crippen molar-refractivity contribution in [2.45, 2.75) is 20.8 Å². The summed E-state index contributed by atoms with van der Waals surface area (Å²) in [4.78, 5) is 19.6. The van der Waals surface area contributed by atoms with Crippen LogP contribution in [0.3, 0.4) is 0 Å². The highest BCUT2D eigenvalue weighted by molar-refractivity contribution is 5.77. The maximum Gasteiger partial charge on any atom is 0.269 e. The summed E-state index contributed by atoms with van der Waals surface area (Å²) in [6.45, 7) is 6.61. The fourth-order valence-corrected chi connectivity index (χ4v) is 2.66. The molecule has 0 saturated carbocycles. The van der Waals surface area contributed by atoms with Gasteiger partial charge >= 0.3 is 0 Å². The van der Waals surface area contributed by atoms with Crippen molar-refractivity contribution in [3.8, 4) is 11.3 Å². The normalized spacial score (nSPS) is 10.9. The lowest BCUT2D eigenvalue weighted by molar-refractivity contribution is -0.384. The molecule has 0 unspecified atom stereocenters. The number of nitrogens with one attached hydrogen (secondary N) is 1. The van der Waals surface area contributed by atoms with Gasteiger partial charge in [-0.3, -0.25) is 14.5 Å². The number of rotatable bonds is 4. The van der Waals surface area contributed by atoms with E-state index in [-0.39, 0.29) is 5.69 Å². The molecule has 23 heavy (non-hydrogen) atoms. The molecule has 3 aromatic rings. The first-order valence-corrected chi connectivity index (χ1v) is 7.36. The topological polar surface area (TPSA) is 85.4 Å². The van der Waals surface area contributed by atoms with Crippen LogP contribution in [0.25, 0.3) is 16.9 Å². The van der Waals surface area contributed by atoms with Crippen molar-refractivity contribution in [2.75, 3.05) is 11.9 Å². The molecule has 7 heteroatoms. The van der Waals surface area contributed by atoms with Crippen LogP contribution < -0.4 is 5.32 Å². The van der Waals surface area contributed by atoms with Crippen LogP contribution in [0.4, 0.5) is 11.5 Å². The number of hydrogen-bond acceptors (Lipinski definition) is 5. The Bertz CT molecular complexity index is 884. The quantitative estimate of drug-likeness (QED) is 0.590. The number of anilines is 1. The van der Waals surface area contributed by atoms with E-state index in [2.05, 4.69) is 15.3 Å². The number of imidazole rings is 1. The van der Waals surface area contributed by atoms with Crippen LogP contribution in [0.15, 0.2) is 30.3 Å². The van der Waals surface area contributed by atoms with Crippen molar-refractivity contribution >= 4 is 17.2 Å². The number of aromatic nitrogens is 3. The summed E-state index contributed by atoms with van der Waals surface area (Å²) >= 11 is 0. The van der Waals surface area contributed by atoms with Gasteiger partial charge in [0.05, 0.1) is 4.92 Å². The van der Waals surface area contributed by atoms with Crippen LogP contribution >= 0.6 is 0 Å². The zero-order chi connectivity index (χ0) is 16.6. The van der Waals surface area contributed by atoms with E-state index < -0.39 is 4.92 Å². The van der Waals surface area contributed by atoms with Crippen molar-refractivity contribution in [3.63, 3.8) is 0 Å². The molecule has 0 aliphatic heterocycles. The minimum absolute atomic E-state index is 0.0659. The van der Waals surface area contributed by atoms with Gasteiger partial charge in [-0.25, -0.2) is 9.97 Å². The molecule has 0 atom stereocenters. The van der Waals surface area contributed by atoms with Crippen LogP contribution in [-0.2, 0) is 0 Å². The summed E-state index contributed by atoms with van der Waals surface area (Å²) in [6.07, 6.45) is 0. The third-order valence-electron chi connectivity index (χ3n) is 3.60. The molecule has 118 valence electrons. The molecule has 2 heterocycles. The fourth-order valence-electron chi connectivity index (χ4n) is 2.66. The number of nitro groups is 1. The van der Waals surface area contributed by atoms with Gasteiger partial charge in [-0.2, -0.15) is 0 Å². The molecule has 0 bridgehead atoms. The van der Waals surface area contributed by atoms with E-state index in [0.717, 1.165) is 40.8 Å². The Morgan fingerprint density at radius 2 is 1.91 bits per heavy atom. The first-order chi connectivity index (χ1) is 11.0. The van der Waals surface area contributed by atoms with E-state index in [1.54, 1.807) is 12.1 Å². The molecule has 3 rings (SSSR count). The summed E-state index contributed by atoms with van der Waals surface area (Å²) in [5, 5.41) is 14.1. The number of benzene rings is 1. The Balaban J connectivity index is 2.21. The monoisotopic (exact) mass is 311 g/mol. The fraction of sp³-hybridized carbons (Fsp3) is 0.250. The Kier molecular flexibility index (Phi) is 3.69. The summed E-state index contributed by atoms with van der Waals surface area (Å²) in [5.41, 5.74) is 3.36. The minimum atomic E-state index is -0.407. The minimum Gasteiger partial charge on any atom is -0.370 e. The van der Waals surface area contributed by atoms with Crippen molar-refractivity contribution < 1.29 is 4.92 Å². The molecule has 2 aromatic heterocycles. The lowest BCUT2D eigenvalue weighted by atomic mass is 10.1. The smallest absolute Gasteiger partial charge is 0.269 e. The van der Waals surface area contributed by atoms with Gasteiger partial charge in [0, 0.05) is 36.0 Å². The highest BCUT2D eigenvalue weighted by Gasteiger charge is 2.16. The maximum absolute atomic E-state index is 10.8. The van der Waals surface area contributed by atoms with Crippen molar-refractivity contribution in [3.05, 3.63) is 52.0 Å². The summed E-state index contributed by atoms with van der Waals surface area (Å²) in [7, 11) is 0. The van der Waals surface area contributed by atoms with Gasteiger partial charge in [-0.05, 0) is 32.9 Å². The van der Waals surface area contributed by atoms with E-state index in [4.69, 9.17) is 0 Å². The zero-order valence-electron chi connectivity index (χ0n) is 13.2. The number of aryl methyl sites for hydroxylation is 2. The van der Waals surface area contributed by atoms with E-state index in [1.165, 1.54) is 12.1 Å². The molecule has 0 spiro atoms. The Labute approximate surface area is 133 Å². The molecular formula is C16H17N5O2. The second-order valence-corrected chi connectivity index (χ2v) is 5.28. The zero-order valence-corrected chi connectivity index (χ0v) is 13.2. The molecule has 0 aliphatic carbocycles. The highest BCUT2D eigenvalue weighted by atomic mass is 16.6. The van der Waals surface area contributed by atoms with Crippen LogP contribution in [0.1, 0.15) is 18.4 Å². The van der Waals surface area contributed by atoms with Crippen molar-refractivity contribution in [2.24, 2.45) is 0 Å². The molecule has 0 fully saturated rings. The van der Waals surface area contributed by atoms with E-state index >= 15 is 0 Å². The van der Waals surface area contributed by atoms with E-state index in [1.807, 2.05) is 31.2 Å². The van der Waals surface area contributed by atoms with Crippen LogP contribution in [0.5, 0.6) is 0 Å². The second-order valence-electron chi connectivity index (χ2n) is 5.28. The predicted molar refractivity (Wildman–Crippen MR) is 88.7 cm³/mol. The summed E-state index contributed by atoms with van der Waals surface area (Å²) in [6, 6.07) is 8.34. The van der Waals surface area contributed by atoms with E-state index in [9.17, 15) is 10.1 Å². The lowest BCUT2D eigenvalue weighted by Crippen LogP contribution is -2.05. The molecule has 7 nitrogen and oxygen atoms in total. The number of non-ortho nitro benzene ring substituents is 1. The van der Waals surface area contributed by atoms with Gasteiger partial charge in [0.25, 0.3) is 5.69 Å². The third-order valence-corrected chi connectivity index (χ3v) is 3.60. The number of nitrogens with zero attached hydrogens (tertiary/aromatic N) is 4. The van der Waals surface area contributed by atoms with Gasteiger partial charge < -0.3 is 5.32 Å². The summed E-state index contributed by atoms with van der Waals surface area (Å²) < 4.78 is 1.97. The third kappa shape index (κ3) is 2.61. The van der Waals surface area contributed by atoms with E-state index in [0.29, 0.717) is 0 Å². The summed E-state index contributed by atoms with van der Waals surface area (Å²) in [5.74, 6) is 1.69. The van der Waals surface area contributed by atoms with Crippen molar-refractivity contribution in [1.82, 2.24) is 14.4 Å². The molecular weight excluding hydrogens is 294 g/mol. The van der Waals surface area contributed by atoms with Crippen LogP contribution in [-0.4, -0.2) is 25.8 Å².